The van der Waals surface area contributed by atoms with Crippen LogP contribution in [0.15, 0.2) is 12.7 Å². The number of hydrogen-bond donors (Lipinski definition) is 3. The maximum atomic E-state index is 9.12. The van der Waals surface area contributed by atoms with Gasteiger partial charge in [-0.15, -0.1) is 6.58 Å². The summed E-state index contributed by atoms with van der Waals surface area (Å²) in [7, 11) is 0. The highest BCUT2D eigenvalue weighted by atomic mass is 16.4. The zero-order chi connectivity index (χ0) is 10.6. The molecule has 0 atom stereocenters. The van der Waals surface area contributed by atoms with Crippen molar-refractivity contribution < 1.29 is 24.9 Å². The maximum absolute atomic E-state index is 9.12. The summed E-state index contributed by atoms with van der Waals surface area (Å²) < 4.78 is 0. The molecule has 0 saturated carbocycles. The molecule has 0 amide bonds. The van der Waals surface area contributed by atoms with Crippen LogP contribution in [0.2, 0.25) is 0 Å². The summed E-state index contributed by atoms with van der Waals surface area (Å²) in [5.41, 5.74) is 0. The van der Waals surface area contributed by atoms with E-state index in [2.05, 4.69) is 6.58 Å². The van der Waals surface area contributed by atoms with E-state index in [9.17, 15) is 0 Å². The van der Waals surface area contributed by atoms with Gasteiger partial charge in [0.05, 0.1) is 0 Å². The van der Waals surface area contributed by atoms with Gasteiger partial charge in [-0.1, -0.05) is 6.08 Å². The number of aliphatic carboxylic acids is 2. The molecule has 0 heterocycles. The summed E-state index contributed by atoms with van der Waals surface area (Å²) in [6.45, 7) is 5.56. The average Bonchev–Trinajstić information content (AvgIpc) is 1.88. The quantitative estimate of drug-likeness (QED) is 0.503. The molecule has 0 bridgehead atoms. The minimum absolute atomic E-state index is 0.778. The molecule has 72 valence electrons. The van der Waals surface area contributed by atoms with Crippen molar-refractivity contribution in [3.05, 3.63) is 12.7 Å². The second kappa shape index (κ2) is 16.3. The Labute approximate surface area is 71.0 Å². The first-order chi connectivity index (χ1) is 5.42. The molecule has 0 aliphatic carbocycles. The van der Waals surface area contributed by atoms with Crippen LogP contribution in [-0.2, 0) is 9.59 Å². The molecule has 0 spiro atoms. The summed E-state index contributed by atoms with van der Waals surface area (Å²) >= 11 is 0. The van der Waals surface area contributed by atoms with E-state index in [-0.39, 0.29) is 0 Å². The highest BCUT2D eigenvalue weighted by Crippen LogP contribution is 1.48. The SMILES string of the molecule is C=CC.CC(=O)O.O=C(O)CO. The van der Waals surface area contributed by atoms with E-state index in [1.54, 1.807) is 6.08 Å². The number of aliphatic hydroxyl groups is 1. The Morgan fingerprint density at radius 3 is 1.50 bits per heavy atom. The molecule has 0 aromatic carbocycles. The predicted octanol–water partition coefficient (Wildman–Crippen LogP) is 0.346. The normalized spacial score (nSPS) is 6.25. The van der Waals surface area contributed by atoms with E-state index in [1.807, 2.05) is 6.92 Å². The molecule has 0 aliphatic rings. The van der Waals surface area contributed by atoms with Crippen LogP contribution in [0.3, 0.4) is 0 Å². The summed E-state index contributed by atoms with van der Waals surface area (Å²) in [6, 6.07) is 0. The van der Waals surface area contributed by atoms with Gasteiger partial charge in [-0.3, -0.25) is 4.79 Å². The molecule has 0 aromatic rings. The number of rotatable bonds is 1. The fraction of sp³-hybridized carbons (Fsp3) is 0.429. The van der Waals surface area contributed by atoms with Crippen molar-refractivity contribution >= 4 is 11.9 Å². The lowest BCUT2D eigenvalue weighted by atomic mass is 10.8. The topological polar surface area (TPSA) is 94.8 Å². The largest absolute Gasteiger partial charge is 0.481 e. The minimum Gasteiger partial charge on any atom is -0.481 e. The number of carboxylic acid groups (broad SMARTS) is 2. The van der Waals surface area contributed by atoms with Gasteiger partial charge in [-0.2, -0.15) is 0 Å². The molecule has 0 rings (SSSR count). The van der Waals surface area contributed by atoms with Crippen molar-refractivity contribution in [3.63, 3.8) is 0 Å². The highest BCUT2D eigenvalue weighted by molar-refractivity contribution is 5.67. The summed E-state index contributed by atoms with van der Waals surface area (Å²) in [5, 5.41) is 22.4. The number of hydrogen-bond acceptors (Lipinski definition) is 3. The Kier molecular flexibility index (Phi) is 23.0. The fourth-order valence-corrected chi connectivity index (χ4v) is 0. The summed E-state index contributed by atoms with van der Waals surface area (Å²) in [4.78, 5) is 18.1. The molecule has 0 radical (unpaired) electrons. The third-order valence-electron chi connectivity index (χ3n) is 0.135. The zero-order valence-corrected chi connectivity index (χ0v) is 7.15. The first-order valence-electron chi connectivity index (χ1n) is 3.01. The molecular weight excluding hydrogens is 164 g/mol. The van der Waals surface area contributed by atoms with Crippen LogP contribution < -0.4 is 0 Å². The standard InChI is InChI=1S/C3H6.C2H4O3.C2H4O2/c1-3-2;3-1-2(4)5;1-2(3)4/h3H,1H2,2H3;3H,1H2,(H,4,5);1H3,(H,3,4). The van der Waals surface area contributed by atoms with Gasteiger partial charge in [0, 0.05) is 6.92 Å². The lowest BCUT2D eigenvalue weighted by Crippen LogP contribution is -1.98. The van der Waals surface area contributed by atoms with Gasteiger partial charge in [0.15, 0.2) is 0 Å². The monoisotopic (exact) mass is 178 g/mol. The molecule has 0 aliphatic heterocycles. The van der Waals surface area contributed by atoms with Crippen molar-refractivity contribution in [1.82, 2.24) is 0 Å². The van der Waals surface area contributed by atoms with Crippen LogP contribution in [-0.4, -0.2) is 33.9 Å². The third kappa shape index (κ3) is 1230. The number of carboxylic acids is 2. The van der Waals surface area contributed by atoms with E-state index < -0.39 is 18.5 Å². The van der Waals surface area contributed by atoms with Crippen molar-refractivity contribution in [2.45, 2.75) is 13.8 Å². The average molecular weight is 178 g/mol. The van der Waals surface area contributed by atoms with Gasteiger partial charge >= 0.3 is 5.97 Å². The van der Waals surface area contributed by atoms with Crippen molar-refractivity contribution in [3.8, 4) is 0 Å². The predicted molar refractivity (Wildman–Crippen MR) is 43.9 cm³/mol. The van der Waals surface area contributed by atoms with Crippen LogP contribution in [0.4, 0.5) is 0 Å². The highest BCUT2D eigenvalue weighted by Gasteiger charge is 1.82. The van der Waals surface area contributed by atoms with Crippen LogP contribution in [0.5, 0.6) is 0 Å². The van der Waals surface area contributed by atoms with Gasteiger partial charge in [0.2, 0.25) is 0 Å². The van der Waals surface area contributed by atoms with Crippen molar-refractivity contribution in [2.75, 3.05) is 6.61 Å². The molecule has 0 saturated heterocycles. The maximum Gasteiger partial charge on any atom is 0.329 e. The summed E-state index contributed by atoms with van der Waals surface area (Å²) in [6.07, 6.45) is 1.75. The number of aliphatic hydroxyl groups excluding tert-OH is 1. The number of carbonyl (C=O) groups is 2. The van der Waals surface area contributed by atoms with Gasteiger partial charge < -0.3 is 15.3 Å². The van der Waals surface area contributed by atoms with E-state index in [4.69, 9.17) is 24.9 Å². The molecule has 0 fully saturated rings. The Hall–Kier alpha value is -1.36. The Morgan fingerprint density at radius 2 is 1.50 bits per heavy atom. The molecule has 12 heavy (non-hydrogen) atoms. The molecule has 5 nitrogen and oxygen atoms in total. The van der Waals surface area contributed by atoms with E-state index in [1.165, 1.54) is 0 Å². The van der Waals surface area contributed by atoms with Crippen LogP contribution >= 0.6 is 0 Å². The van der Waals surface area contributed by atoms with Gasteiger partial charge in [-0.05, 0) is 6.92 Å². The van der Waals surface area contributed by atoms with Crippen LogP contribution in [0.1, 0.15) is 13.8 Å². The fourth-order valence-electron chi connectivity index (χ4n) is 0. The Bertz CT molecular complexity index is 126. The van der Waals surface area contributed by atoms with E-state index in [0.29, 0.717) is 0 Å². The summed E-state index contributed by atoms with van der Waals surface area (Å²) in [5.74, 6) is -2.02. The van der Waals surface area contributed by atoms with Gasteiger partial charge in [0.1, 0.15) is 6.61 Å². The van der Waals surface area contributed by atoms with Crippen molar-refractivity contribution in [1.29, 1.82) is 0 Å². The minimum atomic E-state index is -1.19. The molecule has 0 unspecified atom stereocenters. The first-order valence-corrected chi connectivity index (χ1v) is 3.01. The molecule has 5 heteroatoms. The zero-order valence-electron chi connectivity index (χ0n) is 7.15. The Morgan fingerprint density at radius 1 is 1.42 bits per heavy atom. The second-order valence-corrected chi connectivity index (χ2v) is 1.48. The molecule has 0 aromatic heterocycles. The number of allylic oxidation sites excluding steroid dienone is 1. The van der Waals surface area contributed by atoms with Gasteiger partial charge in [0.25, 0.3) is 5.97 Å². The van der Waals surface area contributed by atoms with Crippen LogP contribution in [0.25, 0.3) is 0 Å². The second-order valence-electron chi connectivity index (χ2n) is 1.48. The smallest absolute Gasteiger partial charge is 0.329 e. The Balaban J connectivity index is -0.000000105. The first kappa shape index (κ1) is 16.9. The lowest BCUT2D eigenvalue weighted by molar-refractivity contribution is -0.140. The molecular formula is C7H14O5. The lowest BCUT2D eigenvalue weighted by Gasteiger charge is -1.72. The molecule has 3 N–H and O–H groups in total. The van der Waals surface area contributed by atoms with E-state index in [0.717, 1.165) is 6.92 Å². The van der Waals surface area contributed by atoms with Crippen LogP contribution in [0, 0.1) is 0 Å². The van der Waals surface area contributed by atoms with Gasteiger partial charge in [-0.25, -0.2) is 4.79 Å². The third-order valence-corrected chi connectivity index (χ3v) is 0.135. The van der Waals surface area contributed by atoms with Crippen molar-refractivity contribution in [2.24, 2.45) is 0 Å². The van der Waals surface area contributed by atoms with E-state index >= 15 is 0 Å².